The number of piperazine rings is 1. The molecule has 2 aliphatic rings. The summed E-state index contributed by atoms with van der Waals surface area (Å²) >= 11 is 0. The van der Waals surface area contributed by atoms with Crippen molar-refractivity contribution in [2.75, 3.05) is 31.6 Å². The zero-order chi connectivity index (χ0) is 18.4. The van der Waals surface area contributed by atoms with Crippen molar-refractivity contribution < 1.29 is 14.3 Å². The largest absolute Gasteiger partial charge is 0.494 e. The molecular weight excluding hydrogens is 330 g/mol. The van der Waals surface area contributed by atoms with Crippen molar-refractivity contribution in [1.29, 1.82) is 0 Å². The first-order chi connectivity index (χ1) is 12.7. The summed E-state index contributed by atoms with van der Waals surface area (Å²) in [5.74, 6) is 0.813. The summed E-state index contributed by atoms with van der Waals surface area (Å²) in [7, 11) is 0. The number of hydrogen-bond donors (Lipinski definition) is 1. The molecule has 3 amide bonds. The van der Waals surface area contributed by atoms with Crippen LogP contribution in [0.4, 0.5) is 10.5 Å². The molecule has 6 nitrogen and oxygen atoms in total. The molecule has 1 aliphatic heterocycles. The molecule has 1 N–H and O–H groups in total. The lowest BCUT2D eigenvalue weighted by Gasteiger charge is -2.37. The monoisotopic (exact) mass is 359 g/mol. The van der Waals surface area contributed by atoms with E-state index in [1.54, 1.807) is 4.90 Å². The molecule has 1 aromatic carbocycles. The molecule has 142 valence electrons. The average Bonchev–Trinajstić information content (AvgIpc) is 3.16. The average molecular weight is 359 g/mol. The van der Waals surface area contributed by atoms with E-state index in [2.05, 4.69) is 12.2 Å². The van der Waals surface area contributed by atoms with Gasteiger partial charge in [0.1, 0.15) is 12.3 Å². The predicted molar refractivity (Wildman–Crippen MR) is 101 cm³/mol. The van der Waals surface area contributed by atoms with Crippen molar-refractivity contribution in [3.63, 3.8) is 0 Å². The van der Waals surface area contributed by atoms with Crippen LogP contribution in [0.15, 0.2) is 24.3 Å². The van der Waals surface area contributed by atoms with Gasteiger partial charge in [0.2, 0.25) is 5.91 Å². The van der Waals surface area contributed by atoms with Crippen LogP contribution in [-0.2, 0) is 4.79 Å². The third kappa shape index (κ3) is 4.68. The van der Waals surface area contributed by atoms with Gasteiger partial charge in [0, 0.05) is 30.9 Å². The van der Waals surface area contributed by atoms with E-state index in [1.807, 2.05) is 29.2 Å². The molecule has 0 radical (unpaired) electrons. The normalized spacial score (nSPS) is 18.3. The number of nitrogens with one attached hydrogen (secondary N) is 1. The first-order valence-electron chi connectivity index (χ1n) is 9.75. The molecule has 1 aliphatic carbocycles. The Kier molecular flexibility index (Phi) is 6.36. The molecule has 1 aromatic rings. The van der Waals surface area contributed by atoms with E-state index in [0.29, 0.717) is 31.4 Å². The number of unbranched alkanes of at least 4 members (excludes halogenated alkanes) is 1. The molecule has 26 heavy (non-hydrogen) atoms. The number of anilines is 1. The maximum atomic E-state index is 12.5. The predicted octanol–water partition coefficient (Wildman–Crippen LogP) is 3.48. The Labute approximate surface area is 155 Å². The lowest BCUT2D eigenvalue weighted by Crippen LogP contribution is -2.55. The van der Waals surface area contributed by atoms with Crippen LogP contribution in [0.5, 0.6) is 5.75 Å². The second-order valence-electron chi connectivity index (χ2n) is 7.11. The van der Waals surface area contributed by atoms with Gasteiger partial charge in [-0.25, -0.2) is 4.79 Å². The Morgan fingerprint density at radius 3 is 2.81 bits per heavy atom. The molecule has 0 aromatic heterocycles. The highest BCUT2D eigenvalue weighted by molar-refractivity contribution is 5.93. The van der Waals surface area contributed by atoms with E-state index in [9.17, 15) is 9.59 Å². The third-order valence-electron chi connectivity index (χ3n) is 5.16. The standard InChI is InChI=1S/C20H29N3O3/c1-2-3-13-26-18-10-6-7-16(14-18)21-20(25)22-11-12-23(19(24)15-22)17-8-4-5-9-17/h6-7,10,14,17H,2-5,8-9,11-13,15H2,1H3,(H,21,25). The highest BCUT2D eigenvalue weighted by Gasteiger charge is 2.32. The molecular formula is C20H29N3O3. The van der Waals surface area contributed by atoms with Gasteiger partial charge in [-0.15, -0.1) is 0 Å². The van der Waals surface area contributed by atoms with Gasteiger partial charge in [0.15, 0.2) is 0 Å². The number of carbonyl (C=O) groups excluding carboxylic acids is 2. The molecule has 1 saturated heterocycles. The molecule has 1 heterocycles. The van der Waals surface area contributed by atoms with Gasteiger partial charge in [-0.2, -0.15) is 0 Å². The van der Waals surface area contributed by atoms with Crippen LogP contribution in [0.2, 0.25) is 0 Å². The van der Waals surface area contributed by atoms with Crippen molar-refractivity contribution in [3.8, 4) is 5.75 Å². The Morgan fingerprint density at radius 2 is 2.08 bits per heavy atom. The fourth-order valence-corrected chi connectivity index (χ4v) is 3.66. The molecule has 1 saturated carbocycles. The SMILES string of the molecule is CCCCOc1cccc(NC(=O)N2CCN(C3CCCC3)C(=O)C2)c1. The van der Waals surface area contributed by atoms with Gasteiger partial charge >= 0.3 is 6.03 Å². The smallest absolute Gasteiger partial charge is 0.322 e. The summed E-state index contributed by atoms with van der Waals surface area (Å²) in [5.41, 5.74) is 0.690. The Hall–Kier alpha value is -2.24. The van der Waals surface area contributed by atoms with Crippen LogP contribution < -0.4 is 10.1 Å². The summed E-state index contributed by atoms with van der Waals surface area (Å²) in [4.78, 5) is 28.5. The van der Waals surface area contributed by atoms with Crippen molar-refractivity contribution in [2.45, 2.75) is 51.5 Å². The Morgan fingerprint density at radius 1 is 1.27 bits per heavy atom. The summed E-state index contributed by atoms with van der Waals surface area (Å²) in [5, 5.41) is 2.88. The number of nitrogens with zero attached hydrogens (tertiary/aromatic N) is 2. The quantitative estimate of drug-likeness (QED) is 0.791. The van der Waals surface area contributed by atoms with Crippen LogP contribution >= 0.6 is 0 Å². The van der Waals surface area contributed by atoms with Crippen LogP contribution in [-0.4, -0.2) is 54.0 Å². The van der Waals surface area contributed by atoms with Gasteiger partial charge in [-0.3, -0.25) is 4.79 Å². The molecule has 6 heteroatoms. The minimum absolute atomic E-state index is 0.0648. The molecule has 0 atom stereocenters. The third-order valence-corrected chi connectivity index (χ3v) is 5.16. The van der Waals surface area contributed by atoms with E-state index in [0.717, 1.165) is 31.4 Å². The van der Waals surface area contributed by atoms with Crippen molar-refractivity contribution in [2.24, 2.45) is 0 Å². The van der Waals surface area contributed by atoms with Gasteiger partial charge < -0.3 is 19.9 Å². The summed E-state index contributed by atoms with van der Waals surface area (Å²) in [6, 6.07) is 7.56. The van der Waals surface area contributed by atoms with Gasteiger partial charge in [0.05, 0.1) is 6.61 Å². The zero-order valence-corrected chi connectivity index (χ0v) is 15.6. The van der Waals surface area contributed by atoms with Crippen molar-refractivity contribution in [1.82, 2.24) is 9.80 Å². The second kappa shape index (κ2) is 8.92. The molecule has 0 bridgehead atoms. The fraction of sp³-hybridized carbons (Fsp3) is 0.600. The highest BCUT2D eigenvalue weighted by atomic mass is 16.5. The highest BCUT2D eigenvalue weighted by Crippen LogP contribution is 2.25. The zero-order valence-electron chi connectivity index (χ0n) is 15.6. The number of ether oxygens (including phenoxy) is 1. The minimum Gasteiger partial charge on any atom is -0.494 e. The van der Waals surface area contributed by atoms with Gasteiger partial charge in [0.25, 0.3) is 0 Å². The number of carbonyl (C=O) groups is 2. The lowest BCUT2D eigenvalue weighted by atomic mass is 10.2. The molecule has 0 unspecified atom stereocenters. The van der Waals surface area contributed by atoms with Gasteiger partial charge in [-0.05, 0) is 31.4 Å². The topological polar surface area (TPSA) is 61.9 Å². The van der Waals surface area contributed by atoms with E-state index in [-0.39, 0.29) is 18.5 Å². The number of benzene rings is 1. The van der Waals surface area contributed by atoms with E-state index >= 15 is 0 Å². The Balaban J connectivity index is 1.52. The van der Waals surface area contributed by atoms with Crippen LogP contribution in [0, 0.1) is 0 Å². The molecule has 2 fully saturated rings. The van der Waals surface area contributed by atoms with E-state index in [4.69, 9.17) is 4.74 Å². The lowest BCUT2D eigenvalue weighted by molar-refractivity contribution is -0.137. The van der Waals surface area contributed by atoms with Gasteiger partial charge in [-0.1, -0.05) is 32.3 Å². The van der Waals surface area contributed by atoms with Crippen LogP contribution in [0.3, 0.4) is 0 Å². The van der Waals surface area contributed by atoms with Crippen molar-refractivity contribution in [3.05, 3.63) is 24.3 Å². The van der Waals surface area contributed by atoms with Crippen molar-refractivity contribution >= 4 is 17.6 Å². The maximum Gasteiger partial charge on any atom is 0.322 e. The number of hydrogen-bond acceptors (Lipinski definition) is 3. The maximum absolute atomic E-state index is 12.5. The molecule has 0 spiro atoms. The second-order valence-corrected chi connectivity index (χ2v) is 7.11. The number of urea groups is 1. The number of amides is 3. The fourth-order valence-electron chi connectivity index (χ4n) is 3.66. The summed E-state index contributed by atoms with van der Waals surface area (Å²) in [6.07, 6.45) is 6.69. The Bertz CT molecular complexity index is 628. The van der Waals surface area contributed by atoms with Crippen LogP contribution in [0.25, 0.3) is 0 Å². The van der Waals surface area contributed by atoms with Crippen LogP contribution in [0.1, 0.15) is 45.4 Å². The minimum atomic E-state index is -0.227. The summed E-state index contributed by atoms with van der Waals surface area (Å²) < 4.78 is 5.68. The first kappa shape index (κ1) is 18.5. The number of rotatable bonds is 6. The van der Waals surface area contributed by atoms with E-state index in [1.165, 1.54) is 12.8 Å². The first-order valence-corrected chi connectivity index (χ1v) is 9.75. The van der Waals surface area contributed by atoms with E-state index < -0.39 is 0 Å². The summed E-state index contributed by atoms with van der Waals surface area (Å²) in [6.45, 7) is 4.17. The molecule has 3 rings (SSSR count).